The highest BCUT2D eigenvalue weighted by atomic mass is 16.3. The van der Waals surface area contributed by atoms with Gasteiger partial charge in [-0.2, -0.15) is 5.10 Å². The van der Waals surface area contributed by atoms with Crippen LogP contribution in [0.25, 0.3) is 10.9 Å². The Kier molecular flexibility index (Phi) is 4.00. The molecule has 0 radical (unpaired) electrons. The fourth-order valence-corrected chi connectivity index (χ4v) is 2.87. The van der Waals surface area contributed by atoms with Gasteiger partial charge in [0.05, 0.1) is 17.8 Å². The first-order chi connectivity index (χ1) is 9.74. The Hall–Kier alpha value is -1.43. The molecule has 1 aromatic heterocycles. The number of nitrogens with zero attached hydrogens (tertiary/aromatic N) is 2. The molecule has 5 heteroatoms. The maximum atomic E-state index is 10.5. The zero-order valence-corrected chi connectivity index (χ0v) is 11.9. The second kappa shape index (κ2) is 5.91. The van der Waals surface area contributed by atoms with E-state index in [1.165, 1.54) is 0 Å². The number of fused-ring (bicyclic) bond motifs is 1. The second-order valence-electron chi connectivity index (χ2n) is 5.56. The first-order valence-corrected chi connectivity index (χ1v) is 7.29. The number of benzene rings is 1. The predicted molar refractivity (Wildman–Crippen MR) is 79.7 cm³/mol. The van der Waals surface area contributed by atoms with Crippen LogP contribution in [0.15, 0.2) is 18.3 Å². The van der Waals surface area contributed by atoms with E-state index in [9.17, 15) is 5.11 Å². The molecule has 0 aliphatic carbocycles. The van der Waals surface area contributed by atoms with Crippen molar-refractivity contribution in [2.24, 2.45) is 0 Å². The fraction of sp³-hybridized carbons (Fsp3) is 0.533. The Morgan fingerprint density at radius 3 is 2.95 bits per heavy atom. The number of nitrogens with one attached hydrogen (secondary N) is 2. The first-order valence-electron chi connectivity index (χ1n) is 7.29. The van der Waals surface area contributed by atoms with Crippen molar-refractivity contribution in [3.63, 3.8) is 0 Å². The highest BCUT2D eigenvalue weighted by Crippen LogP contribution is 2.25. The van der Waals surface area contributed by atoms with Crippen LogP contribution < -0.4 is 5.32 Å². The summed E-state index contributed by atoms with van der Waals surface area (Å²) in [7, 11) is 0. The molecule has 3 N–H and O–H groups in total. The van der Waals surface area contributed by atoms with E-state index in [1.807, 2.05) is 6.92 Å². The Labute approximate surface area is 119 Å². The number of aromatic amines is 1. The molecule has 2 heterocycles. The molecule has 2 aromatic rings. The van der Waals surface area contributed by atoms with Crippen LogP contribution in [0.3, 0.4) is 0 Å². The largest absolute Gasteiger partial charge is 0.388 e. The van der Waals surface area contributed by atoms with Gasteiger partial charge in [-0.05, 0) is 36.6 Å². The number of aliphatic hydroxyl groups excluding tert-OH is 1. The first kappa shape index (κ1) is 13.5. The van der Waals surface area contributed by atoms with E-state index in [0.717, 1.165) is 61.2 Å². The van der Waals surface area contributed by atoms with E-state index in [0.29, 0.717) is 0 Å². The van der Waals surface area contributed by atoms with Gasteiger partial charge in [0.25, 0.3) is 0 Å². The van der Waals surface area contributed by atoms with Gasteiger partial charge in [-0.25, -0.2) is 0 Å². The van der Waals surface area contributed by atoms with E-state index in [4.69, 9.17) is 0 Å². The number of hydrogen-bond donors (Lipinski definition) is 3. The topological polar surface area (TPSA) is 64.2 Å². The lowest BCUT2D eigenvalue weighted by atomic mass is 9.99. The summed E-state index contributed by atoms with van der Waals surface area (Å²) in [5.41, 5.74) is 3.17. The molecule has 1 fully saturated rings. The van der Waals surface area contributed by atoms with Crippen LogP contribution in [0.2, 0.25) is 0 Å². The quantitative estimate of drug-likeness (QED) is 0.784. The summed E-state index contributed by atoms with van der Waals surface area (Å²) in [6.45, 7) is 7.25. The molecule has 3 rings (SSSR count). The van der Waals surface area contributed by atoms with Gasteiger partial charge in [-0.15, -0.1) is 0 Å². The van der Waals surface area contributed by atoms with Crippen molar-refractivity contribution in [1.29, 1.82) is 0 Å². The normalized spacial score (nSPS) is 18.5. The molecule has 0 saturated carbocycles. The average Bonchev–Trinajstić information content (AvgIpc) is 2.92. The average molecular weight is 274 g/mol. The third-order valence-electron chi connectivity index (χ3n) is 4.11. The highest BCUT2D eigenvalue weighted by molar-refractivity contribution is 5.79. The van der Waals surface area contributed by atoms with Gasteiger partial charge < -0.3 is 15.3 Å². The van der Waals surface area contributed by atoms with Crippen molar-refractivity contribution in [3.8, 4) is 0 Å². The van der Waals surface area contributed by atoms with Crippen molar-refractivity contribution in [1.82, 2.24) is 20.4 Å². The zero-order valence-electron chi connectivity index (χ0n) is 11.9. The van der Waals surface area contributed by atoms with Crippen molar-refractivity contribution < 1.29 is 5.11 Å². The minimum atomic E-state index is -0.399. The lowest BCUT2D eigenvalue weighted by Gasteiger charge is -2.28. The molecule has 5 nitrogen and oxygen atoms in total. The molecule has 1 unspecified atom stereocenters. The third-order valence-corrected chi connectivity index (χ3v) is 4.11. The molecule has 0 spiro atoms. The van der Waals surface area contributed by atoms with Crippen molar-refractivity contribution in [2.75, 3.05) is 32.7 Å². The molecule has 1 aliphatic heterocycles. The minimum absolute atomic E-state index is 0.399. The molecular weight excluding hydrogens is 252 g/mol. The number of aromatic nitrogens is 2. The molecule has 1 atom stereocenters. The molecule has 20 heavy (non-hydrogen) atoms. The lowest BCUT2D eigenvalue weighted by Crippen LogP contribution is -2.44. The van der Waals surface area contributed by atoms with E-state index in [2.05, 4.69) is 32.5 Å². The molecular formula is C15H22N4O. The van der Waals surface area contributed by atoms with Crippen molar-refractivity contribution in [3.05, 3.63) is 29.5 Å². The number of aliphatic hydroxyl groups is 1. The van der Waals surface area contributed by atoms with Crippen LogP contribution in [0.1, 0.15) is 23.7 Å². The number of piperazine rings is 1. The monoisotopic (exact) mass is 274 g/mol. The van der Waals surface area contributed by atoms with Gasteiger partial charge in [-0.3, -0.25) is 5.10 Å². The number of hydrogen-bond acceptors (Lipinski definition) is 4. The number of aryl methyl sites for hydroxylation is 1. The van der Waals surface area contributed by atoms with Crippen LogP contribution in [-0.4, -0.2) is 52.9 Å². The summed E-state index contributed by atoms with van der Waals surface area (Å²) >= 11 is 0. The van der Waals surface area contributed by atoms with Crippen LogP contribution in [0.4, 0.5) is 0 Å². The summed E-state index contributed by atoms with van der Waals surface area (Å²) in [6, 6.07) is 4.11. The minimum Gasteiger partial charge on any atom is -0.388 e. The Bertz CT molecular complexity index is 574. The number of rotatable bonds is 4. The molecule has 1 saturated heterocycles. The molecule has 1 aliphatic rings. The lowest BCUT2D eigenvalue weighted by molar-refractivity contribution is 0.136. The summed E-state index contributed by atoms with van der Waals surface area (Å²) in [4.78, 5) is 2.41. The van der Waals surface area contributed by atoms with Crippen LogP contribution in [0, 0.1) is 6.92 Å². The Balaban J connectivity index is 1.67. The van der Waals surface area contributed by atoms with Gasteiger partial charge >= 0.3 is 0 Å². The SMILES string of the molecule is Cc1cc2[nH]ncc2cc1C(O)CCN1CCNCC1. The van der Waals surface area contributed by atoms with E-state index >= 15 is 0 Å². The van der Waals surface area contributed by atoms with E-state index < -0.39 is 6.10 Å². The van der Waals surface area contributed by atoms with Crippen LogP contribution >= 0.6 is 0 Å². The smallest absolute Gasteiger partial charge is 0.0805 e. The summed E-state index contributed by atoms with van der Waals surface area (Å²) in [5.74, 6) is 0. The van der Waals surface area contributed by atoms with Crippen LogP contribution in [-0.2, 0) is 0 Å². The molecule has 0 amide bonds. The number of H-pyrrole nitrogens is 1. The maximum Gasteiger partial charge on any atom is 0.0805 e. The van der Waals surface area contributed by atoms with Gasteiger partial charge in [0.15, 0.2) is 0 Å². The molecule has 108 valence electrons. The van der Waals surface area contributed by atoms with Crippen molar-refractivity contribution in [2.45, 2.75) is 19.4 Å². The summed E-state index contributed by atoms with van der Waals surface area (Å²) in [5, 5.41) is 21.9. The Morgan fingerprint density at radius 1 is 1.35 bits per heavy atom. The second-order valence-corrected chi connectivity index (χ2v) is 5.56. The van der Waals surface area contributed by atoms with Gasteiger partial charge in [0.1, 0.15) is 0 Å². The van der Waals surface area contributed by atoms with E-state index in [1.54, 1.807) is 6.20 Å². The van der Waals surface area contributed by atoms with E-state index in [-0.39, 0.29) is 0 Å². The Morgan fingerprint density at radius 2 is 2.15 bits per heavy atom. The molecule has 1 aromatic carbocycles. The third kappa shape index (κ3) is 2.85. The zero-order chi connectivity index (χ0) is 13.9. The van der Waals surface area contributed by atoms with Crippen molar-refractivity contribution >= 4 is 10.9 Å². The fourth-order valence-electron chi connectivity index (χ4n) is 2.87. The predicted octanol–water partition coefficient (Wildman–Crippen LogP) is 1.20. The van der Waals surface area contributed by atoms with Gasteiger partial charge in [0, 0.05) is 38.1 Å². The maximum absolute atomic E-state index is 10.5. The summed E-state index contributed by atoms with van der Waals surface area (Å²) < 4.78 is 0. The van der Waals surface area contributed by atoms with Gasteiger partial charge in [-0.1, -0.05) is 0 Å². The standard InChI is InChI=1S/C15H22N4O/c1-11-8-14-12(10-17-18-14)9-13(11)15(20)2-5-19-6-3-16-4-7-19/h8-10,15-16,20H,2-7H2,1H3,(H,17,18). The van der Waals surface area contributed by atoms with Crippen LogP contribution in [0.5, 0.6) is 0 Å². The molecule has 0 bridgehead atoms. The summed E-state index contributed by atoms with van der Waals surface area (Å²) in [6.07, 6.45) is 2.19. The van der Waals surface area contributed by atoms with Gasteiger partial charge in [0.2, 0.25) is 0 Å². The highest BCUT2D eigenvalue weighted by Gasteiger charge is 2.15.